The molecule has 0 saturated carbocycles. The number of carbonyl (C=O) groups is 2. The van der Waals surface area contributed by atoms with E-state index in [1.807, 2.05) is 13.8 Å². The number of halogens is 1. The van der Waals surface area contributed by atoms with Crippen molar-refractivity contribution in [2.45, 2.75) is 46.2 Å². The first kappa shape index (κ1) is 18.1. The van der Waals surface area contributed by atoms with Crippen LogP contribution in [0.5, 0.6) is 11.5 Å². The minimum Gasteiger partial charge on any atom is -0.494 e. The van der Waals surface area contributed by atoms with Gasteiger partial charge in [-0.1, -0.05) is 13.3 Å². The van der Waals surface area contributed by atoms with Gasteiger partial charge in [0.15, 0.2) is 5.78 Å². The Balaban J connectivity index is 2.97. The molecule has 0 radical (unpaired) electrons. The van der Waals surface area contributed by atoms with Crippen LogP contribution in [0.3, 0.4) is 0 Å². The van der Waals surface area contributed by atoms with Gasteiger partial charge < -0.3 is 9.47 Å². The molecule has 0 saturated heterocycles. The van der Waals surface area contributed by atoms with Crippen molar-refractivity contribution >= 4 is 11.6 Å². The molecule has 1 rings (SSSR count). The van der Waals surface area contributed by atoms with Crippen molar-refractivity contribution in [3.8, 4) is 11.5 Å². The topological polar surface area (TPSA) is 52.6 Å². The molecule has 0 aromatic heterocycles. The number of ether oxygens (including phenoxy) is 2. The predicted octanol–water partition coefficient (Wildman–Crippen LogP) is 3.76. The summed E-state index contributed by atoms with van der Waals surface area (Å²) in [4.78, 5) is 23.9. The van der Waals surface area contributed by atoms with Crippen molar-refractivity contribution in [2.75, 3.05) is 13.2 Å². The maximum atomic E-state index is 14.1. The van der Waals surface area contributed by atoms with Gasteiger partial charge in [0, 0.05) is 12.5 Å². The molecule has 0 bridgehead atoms. The highest BCUT2D eigenvalue weighted by molar-refractivity contribution is 6.14. The Morgan fingerprint density at radius 1 is 1.14 bits per heavy atom. The van der Waals surface area contributed by atoms with Gasteiger partial charge in [-0.25, -0.2) is 4.39 Å². The standard InChI is InChI=1S/C17H23FO4/c1-4-7-8-14(19)16(18)17(20)13-10-9-12(21-5-2)11-15(13)22-6-3/h9-11,16H,4-8H2,1-3H3. The SMILES string of the molecule is CCCCC(=O)C(F)C(=O)c1ccc(OCC)cc1OCC. The molecule has 0 aliphatic rings. The highest BCUT2D eigenvalue weighted by Crippen LogP contribution is 2.27. The van der Waals surface area contributed by atoms with Crippen molar-refractivity contribution in [1.82, 2.24) is 0 Å². The van der Waals surface area contributed by atoms with Crippen molar-refractivity contribution in [3.63, 3.8) is 0 Å². The quantitative estimate of drug-likeness (QED) is 0.488. The predicted molar refractivity (Wildman–Crippen MR) is 82.5 cm³/mol. The average molecular weight is 310 g/mol. The lowest BCUT2D eigenvalue weighted by molar-refractivity contribution is -0.122. The summed E-state index contributed by atoms with van der Waals surface area (Å²) in [5, 5.41) is 0. The van der Waals surface area contributed by atoms with E-state index < -0.39 is 17.7 Å². The molecular weight excluding hydrogens is 287 g/mol. The van der Waals surface area contributed by atoms with Gasteiger partial charge in [-0.2, -0.15) is 0 Å². The van der Waals surface area contributed by atoms with Crippen molar-refractivity contribution in [3.05, 3.63) is 23.8 Å². The van der Waals surface area contributed by atoms with E-state index in [-0.39, 0.29) is 17.7 Å². The zero-order valence-electron chi connectivity index (χ0n) is 13.4. The van der Waals surface area contributed by atoms with E-state index in [4.69, 9.17) is 9.47 Å². The minimum atomic E-state index is -2.14. The lowest BCUT2D eigenvalue weighted by atomic mass is 10.0. The Kier molecular flexibility index (Phi) is 7.57. The first-order valence-electron chi connectivity index (χ1n) is 7.65. The Labute approximate surface area is 130 Å². The number of Topliss-reactive ketones (excluding diaryl/α,β-unsaturated/α-hetero) is 2. The summed E-state index contributed by atoms with van der Waals surface area (Å²) in [6.45, 7) is 6.31. The largest absolute Gasteiger partial charge is 0.494 e. The van der Waals surface area contributed by atoms with E-state index in [2.05, 4.69) is 0 Å². The molecular formula is C17H23FO4. The van der Waals surface area contributed by atoms with Crippen LogP contribution in [-0.2, 0) is 4.79 Å². The number of benzene rings is 1. The molecule has 1 aromatic carbocycles. The molecule has 122 valence electrons. The number of hydrogen-bond acceptors (Lipinski definition) is 4. The third-order valence-electron chi connectivity index (χ3n) is 3.12. The number of unbranched alkanes of at least 4 members (excludes halogenated alkanes) is 1. The second-order valence-corrected chi connectivity index (χ2v) is 4.82. The molecule has 0 heterocycles. The molecule has 0 aliphatic heterocycles. The molecule has 4 nitrogen and oxygen atoms in total. The van der Waals surface area contributed by atoms with Crippen LogP contribution in [0.2, 0.25) is 0 Å². The molecule has 0 aliphatic carbocycles. The Morgan fingerprint density at radius 3 is 2.41 bits per heavy atom. The Bertz CT molecular complexity index is 513. The summed E-state index contributed by atoms with van der Waals surface area (Å²) in [7, 11) is 0. The Morgan fingerprint density at radius 2 is 1.82 bits per heavy atom. The van der Waals surface area contributed by atoms with Crippen LogP contribution in [0.4, 0.5) is 4.39 Å². The molecule has 0 spiro atoms. The lowest BCUT2D eigenvalue weighted by Crippen LogP contribution is -2.26. The first-order chi connectivity index (χ1) is 10.5. The molecule has 1 aromatic rings. The van der Waals surface area contributed by atoms with Crippen LogP contribution in [0.25, 0.3) is 0 Å². The summed E-state index contributed by atoms with van der Waals surface area (Å²) in [5.74, 6) is -0.754. The summed E-state index contributed by atoms with van der Waals surface area (Å²) < 4.78 is 24.8. The van der Waals surface area contributed by atoms with Gasteiger partial charge in [-0.15, -0.1) is 0 Å². The van der Waals surface area contributed by atoms with Crippen LogP contribution in [-0.4, -0.2) is 31.0 Å². The molecule has 5 heteroatoms. The van der Waals surface area contributed by atoms with E-state index in [1.165, 1.54) is 6.07 Å². The second-order valence-electron chi connectivity index (χ2n) is 4.82. The molecule has 1 atom stereocenters. The van der Waals surface area contributed by atoms with Gasteiger partial charge in [0.25, 0.3) is 0 Å². The maximum absolute atomic E-state index is 14.1. The highest BCUT2D eigenvalue weighted by Gasteiger charge is 2.28. The maximum Gasteiger partial charge on any atom is 0.220 e. The molecule has 1 unspecified atom stereocenters. The fourth-order valence-electron chi connectivity index (χ4n) is 2.00. The van der Waals surface area contributed by atoms with Crippen molar-refractivity contribution < 1.29 is 23.5 Å². The third-order valence-corrected chi connectivity index (χ3v) is 3.12. The normalized spacial score (nSPS) is 11.8. The Hall–Kier alpha value is -1.91. The van der Waals surface area contributed by atoms with E-state index in [9.17, 15) is 14.0 Å². The fraction of sp³-hybridized carbons (Fsp3) is 0.529. The molecule has 0 amide bonds. The summed E-state index contributed by atoms with van der Waals surface area (Å²) in [5.41, 5.74) is 0.0719. The second kappa shape index (κ2) is 9.18. The summed E-state index contributed by atoms with van der Waals surface area (Å²) in [6, 6.07) is 4.56. The summed E-state index contributed by atoms with van der Waals surface area (Å²) in [6.07, 6.45) is -0.706. The highest BCUT2D eigenvalue weighted by atomic mass is 19.1. The van der Waals surface area contributed by atoms with E-state index >= 15 is 0 Å². The zero-order valence-corrected chi connectivity index (χ0v) is 13.4. The monoisotopic (exact) mass is 310 g/mol. The smallest absolute Gasteiger partial charge is 0.220 e. The van der Waals surface area contributed by atoms with Crippen molar-refractivity contribution in [1.29, 1.82) is 0 Å². The fourth-order valence-corrected chi connectivity index (χ4v) is 2.00. The zero-order chi connectivity index (χ0) is 16.5. The average Bonchev–Trinajstić information content (AvgIpc) is 2.52. The van der Waals surface area contributed by atoms with Crippen LogP contribution < -0.4 is 9.47 Å². The molecule has 22 heavy (non-hydrogen) atoms. The number of hydrogen-bond donors (Lipinski definition) is 0. The van der Waals surface area contributed by atoms with E-state index in [1.54, 1.807) is 19.1 Å². The van der Waals surface area contributed by atoms with E-state index in [0.29, 0.717) is 25.4 Å². The van der Waals surface area contributed by atoms with Gasteiger partial charge >= 0.3 is 0 Å². The summed E-state index contributed by atoms with van der Waals surface area (Å²) >= 11 is 0. The van der Waals surface area contributed by atoms with Gasteiger partial charge in [-0.3, -0.25) is 9.59 Å². The molecule has 0 N–H and O–H groups in total. The molecule has 0 fully saturated rings. The van der Waals surface area contributed by atoms with Gasteiger partial charge in [-0.05, 0) is 32.4 Å². The van der Waals surface area contributed by atoms with Crippen LogP contribution >= 0.6 is 0 Å². The van der Waals surface area contributed by atoms with E-state index in [0.717, 1.165) is 6.42 Å². The van der Waals surface area contributed by atoms with Gasteiger partial charge in [0.05, 0.1) is 18.8 Å². The number of ketones is 2. The van der Waals surface area contributed by atoms with Crippen LogP contribution in [0.1, 0.15) is 50.4 Å². The first-order valence-corrected chi connectivity index (χ1v) is 7.65. The van der Waals surface area contributed by atoms with Gasteiger partial charge in [0.1, 0.15) is 11.5 Å². The minimum absolute atomic E-state index is 0.0719. The van der Waals surface area contributed by atoms with Crippen LogP contribution in [0.15, 0.2) is 18.2 Å². The van der Waals surface area contributed by atoms with Crippen LogP contribution in [0, 0.1) is 0 Å². The van der Waals surface area contributed by atoms with Gasteiger partial charge in [0.2, 0.25) is 12.0 Å². The van der Waals surface area contributed by atoms with Crippen molar-refractivity contribution in [2.24, 2.45) is 0 Å². The lowest BCUT2D eigenvalue weighted by Gasteiger charge is -2.13. The number of rotatable bonds is 10. The third kappa shape index (κ3) is 4.83. The number of carbonyl (C=O) groups excluding carboxylic acids is 2. The number of alkyl halides is 1.